The van der Waals surface area contributed by atoms with Gasteiger partial charge in [-0.05, 0) is 57.7 Å². The van der Waals surface area contributed by atoms with E-state index in [1.54, 1.807) is 18.1 Å². The zero-order valence-electron chi connectivity index (χ0n) is 28.6. The van der Waals surface area contributed by atoms with Crippen LogP contribution in [0.15, 0.2) is 42.5 Å². The first-order valence-electron chi connectivity index (χ1n) is 17.2. The Morgan fingerprint density at radius 1 is 0.979 bits per heavy atom. The fourth-order valence-corrected chi connectivity index (χ4v) is 8.99. The van der Waals surface area contributed by atoms with E-state index in [9.17, 15) is 14.4 Å². The summed E-state index contributed by atoms with van der Waals surface area (Å²) in [6.45, 7) is 12.1. The van der Waals surface area contributed by atoms with Crippen LogP contribution in [0, 0.1) is 5.82 Å². The highest BCUT2D eigenvalue weighted by atomic mass is 32.2. The maximum absolute atomic E-state index is 15.6. The number of likely N-dealkylation sites (tertiary alicyclic amines) is 1. The molecule has 3 saturated heterocycles. The number of thioether (sulfide) groups is 1. The van der Waals surface area contributed by atoms with Crippen LogP contribution in [0.1, 0.15) is 56.5 Å². The van der Waals surface area contributed by atoms with Crippen molar-refractivity contribution in [2.45, 2.75) is 68.7 Å². The van der Waals surface area contributed by atoms with Crippen molar-refractivity contribution in [3.8, 4) is 0 Å². The highest BCUT2D eigenvalue weighted by Gasteiger charge is 2.44. The lowest BCUT2D eigenvalue weighted by Gasteiger charge is -2.43. The van der Waals surface area contributed by atoms with Crippen molar-refractivity contribution in [1.29, 1.82) is 0 Å². The zero-order chi connectivity index (χ0) is 34.0. The van der Waals surface area contributed by atoms with Gasteiger partial charge in [-0.2, -0.15) is 0 Å². The number of benzene rings is 2. The van der Waals surface area contributed by atoms with Gasteiger partial charge in [0.25, 0.3) is 0 Å². The molecule has 3 fully saturated rings. The molecule has 0 radical (unpaired) electrons. The number of methoxy groups -OCH3 is 1. The number of rotatable bonds is 8. The molecule has 12 heteroatoms. The van der Waals surface area contributed by atoms with Crippen LogP contribution < -0.4 is 10.2 Å². The van der Waals surface area contributed by atoms with E-state index in [0.717, 1.165) is 36.3 Å². The molecule has 0 saturated carbocycles. The number of para-hydroxylation sites is 2. The molecular weight excluding hydrogens is 631 g/mol. The van der Waals surface area contributed by atoms with Gasteiger partial charge in [0.05, 0.1) is 17.5 Å². The Morgan fingerprint density at radius 2 is 1.71 bits per heavy atom. The number of urea groups is 1. The first-order valence-corrected chi connectivity index (χ1v) is 18.2. The predicted octanol–water partition coefficient (Wildman–Crippen LogP) is 4.81. The molecule has 6 rings (SSSR count). The third-order valence-electron chi connectivity index (χ3n) is 10.3. The third-order valence-corrected chi connectivity index (χ3v) is 11.7. The highest BCUT2D eigenvalue weighted by molar-refractivity contribution is 8.01. The van der Waals surface area contributed by atoms with Gasteiger partial charge >= 0.3 is 6.03 Å². The smallest absolute Gasteiger partial charge is 0.322 e. The molecule has 0 spiro atoms. The summed E-state index contributed by atoms with van der Waals surface area (Å²) in [4.78, 5) is 50.6. The lowest BCUT2D eigenvalue weighted by Crippen LogP contribution is -2.53. The number of carbonyl (C=O) groups excluding carboxylic acids is 3. The normalized spacial score (nSPS) is 22.9. The number of amides is 4. The van der Waals surface area contributed by atoms with Crippen molar-refractivity contribution >= 4 is 41.0 Å². The van der Waals surface area contributed by atoms with Crippen LogP contribution in [0.4, 0.5) is 20.6 Å². The van der Waals surface area contributed by atoms with Crippen LogP contribution in [0.2, 0.25) is 0 Å². The molecule has 4 aliphatic heterocycles. The largest absolute Gasteiger partial charge is 0.383 e. The number of piperidine rings is 1. The second-order valence-corrected chi connectivity index (χ2v) is 15.5. The molecule has 0 bridgehead atoms. The second kappa shape index (κ2) is 14.6. The molecule has 0 aliphatic carbocycles. The number of nitrogens with zero attached hydrogens (tertiary/aromatic N) is 5. The average Bonchev–Trinajstić information content (AvgIpc) is 3.26. The predicted molar refractivity (Wildman–Crippen MR) is 188 cm³/mol. The minimum absolute atomic E-state index is 0.0397. The monoisotopic (exact) mass is 680 g/mol. The molecular formula is C36H49FN6O4S. The van der Waals surface area contributed by atoms with Crippen molar-refractivity contribution in [2.75, 3.05) is 76.3 Å². The van der Waals surface area contributed by atoms with E-state index in [1.807, 2.05) is 40.1 Å². The number of piperazine rings is 1. The standard InChI is InChI=1S/C36H49FN6O4S/c1-36(2,3)41-20-18-40(19-21-41)32-27(9-7-10-28(32)37)34-43(22-23-47-4)33(45)30(48-34)24-31(44)39-15-13-26(14-16-39)42-17-12-25-8-5-6-11-29(25)38-35(42)46/h5-11,26,30,34H,12-24H2,1-4H3,(H,38,46)/t30-,34?/m1/s1. The lowest BCUT2D eigenvalue weighted by atomic mass is 10.0. The number of hydrogen-bond donors (Lipinski definition) is 1. The van der Waals surface area contributed by atoms with Gasteiger partial charge in [-0.1, -0.05) is 30.3 Å². The fraction of sp³-hybridized carbons (Fsp3) is 0.583. The van der Waals surface area contributed by atoms with Crippen LogP contribution in [0.5, 0.6) is 0 Å². The Morgan fingerprint density at radius 3 is 2.42 bits per heavy atom. The number of ether oxygens (including phenoxy) is 1. The number of nitrogens with one attached hydrogen (secondary N) is 1. The first kappa shape index (κ1) is 34.5. The van der Waals surface area contributed by atoms with Crippen LogP contribution in [-0.2, 0) is 20.7 Å². The molecule has 4 amide bonds. The Hall–Kier alpha value is -3.35. The molecule has 48 heavy (non-hydrogen) atoms. The van der Waals surface area contributed by atoms with Crippen LogP contribution in [-0.4, -0.2) is 120 Å². The highest BCUT2D eigenvalue weighted by Crippen LogP contribution is 2.48. The molecule has 260 valence electrons. The van der Waals surface area contributed by atoms with Gasteiger partial charge in [0.2, 0.25) is 11.8 Å². The van der Waals surface area contributed by atoms with Crippen LogP contribution in [0.25, 0.3) is 0 Å². The molecule has 4 heterocycles. The topological polar surface area (TPSA) is 88.7 Å². The molecule has 10 nitrogen and oxygen atoms in total. The van der Waals surface area contributed by atoms with Crippen molar-refractivity contribution in [3.05, 3.63) is 59.4 Å². The number of halogens is 1. The average molecular weight is 681 g/mol. The van der Waals surface area contributed by atoms with Crippen LogP contribution in [0.3, 0.4) is 0 Å². The Kier molecular flexibility index (Phi) is 10.5. The van der Waals surface area contributed by atoms with E-state index in [2.05, 4.69) is 35.9 Å². The van der Waals surface area contributed by atoms with Gasteiger partial charge in [0.15, 0.2) is 0 Å². The first-order chi connectivity index (χ1) is 23.0. The molecule has 2 aromatic carbocycles. The van der Waals surface area contributed by atoms with E-state index in [1.165, 1.54) is 17.8 Å². The molecule has 1 N–H and O–H groups in total. The minimum Gasteiger partial charge on any atom is -0.383 e. The van der Waals surface area contributed by atoms with Crippen molar-refractivity contribution in [2.24, 2.45) is 0 Å². The summed E-state index contributed by atoms with van der Waals surface area (Å²) >= 11 is 1.44. The van der Waals surface area contributed by atoms with Crippen LogP contribution >= 0.6 is 11.8 Å². The number of carbonyl (C=O) groups is 3. The third kappa shape index (κ3) is 7.30. The van der Waals surface area contributed by atoms with Gasteiger partial charge in [-0.15, -0.1) is 11.8 Å². The summed E-state index contributed by atoms with van der Waals surface area (Å²) in [5.74, 6) is -0.461. The quantitative estimate of drug-likeness (QED) is 0.429. The van der Waals surface area contributed by atoms with Gasteiger partial charge in [0, 0.05) is 88.7 Å². The maximum atomic E-state index is 15.6. The molecule has 2 aromatic rings. The van der Waals surface area contributed by atoms with Crippen molar-refractivity contribution in [1.82, 2.24) is 19.6 Å². The summed E-state index contributed by atoms with van der Waals surface area (Å²) in [7, 11) is 1.60. The van der Waals surface area contributed by atoms with Crippen molar-refractivity contribution in [3.63, 3.8) is 0 Å². The lowest BCUT2D eigenvalue weighted by molar-refractivity contribution is -0.137. The van der Waals surface area contributed by atoms with Gasteiger partial charge in [-0.25, -0.2) is 9.18 Å². The summed E-state index contributed by atoms with van der Waals surface area (Å²) in [6.07, 6.45) is 2.26. The molecule has 1 unspecified atom stereocenters. The van der Waals surface area contributed by atoms with E-state index in [4.69, 9.17) is 4.74 Å². The van der Waals surface area contributed by atoms with Crippen molar-refractivity contribution < 1.29 is 23.5 Å². The fourth-order valence-electron chi connectivity index (χ4n) is 7.50. The minimum atomic E-state index is -0.569. The molecule has 0 aromatic heterocycles. The number of anilines is 2. The number of fused-ring (bicyclic) bond motifs is 1. The van der Waals surface area contributed by atoms with E-state index in [0.29, 0.717) is 64.4 Å². The summed E-state index contributed by atoms with van der Waals surface area (Å²) in [5, 5.41) is 2.06. The van der Waals surface area contributed by atoms with E-state index in [-0.39, 0.29) is 41.7 Å². The summed E-state index contributed by atoms with van der Waals surface area (Å²) in [6, 6.07) is 13.0. The van der Waals surface area contributed by atoms with Gasteiger partial charge < -0.3 is 29.7 Å². The van der Waals surface area contributed by atoms with Gasteiger partial charge in [0.1, 0.15) is 11.2 Å². The second-order valence-electron chi connectivity index (χ2n) is 14.2. The number of hydrogen-bond acceptors (Lipinski definition) is 7. The SMILES string of the molecule is COCCN1C(=O)[C@@H](CC(=O)N2CCC(N3CCc4ccccc4NC3=O)CC2)SC1c1cccc(F)c1N1CCN(C(C)(C)C)CC1. The summed E-state index contributed by atoms with van der Waals surface area (Å²) < 4.78 is 21.0. The maximum Gasteiger partial charge on any atom is 0.322 e. The Labute approximate surface area is 287 Å². The van der Waals surface area contributed by atoms with E-state index < -0.39 is 10.6 Å². The zero-order valence-corrected chi connectivity index (χ0v) is 29.4. The van der Waals surface area contributed by atoms with E-state index >= 15 is 4.39 Å². The Bertz CT molecular complexity index is 1490. The molecule has 4 aliphatic rings. The van der Waals surface area contributed by atoms with Gasteiger partial charge in [-0.3, -0.25) is 14.5 Å². The summed E-state index contributed by atoms with van der Waals surface area (Å²) in [5.41, 5.74) is 3.35. The molecule has 2 atom stereocenters. The Balaban J connectivity index is 1.11.